The lowest BCUT2D eigenvalue weighted by atomic mass is 9.95. The zero-order valence-corrected chi connectivity index (χ0v) is 20.6. The van der Waals surface area contributed by atoms with Crippen LogP contribution in [0.2, 0.25) is 0 Å². The molecule has 0 bridgehead atoms. The molecule has 1 saturated carbocycles. The largest absolute Gasteiger partial charge is 0.299 e. The fourth-order valence-corrected chi connectivity index (χ4v) is 4.96. The van der Waals surface area contributed by atoms with Crippen LogP contribution >= 0.6 is 11.8 Å². The second kappa shape index (κ2) is 11.8. The van der Waals surface area contributed by atoms with Crippen LogP contribution in [0.25, 0.3) is 17.5 Å². The fourth-order valence-electron chi connectivity index (χ4n) is 4.16. The number of hydrazone groups is 1. The van der Waals surface area contributed by atoms with Crippen LogP contribution in [0.5, 0.6) is 0 Å². The SMILES string of the molecule is CC(/C=N/NC(=O)CSc1nnc(-c2ccc(C)cc2)n1C1CCCCC1)=C\c1ccccc1. The van der Waals surface area contributed by atoms with E-state index >= 15 is 0 Å². The van der Waals surface area contributed by atoms with Crippen LogP contribution in [0, 0.1) is 6.92 Å². The Bertz CT molecular complexity index is 1150. The van der Waals surface area contributed by atoms with Gasteiger partial charge in [-0.2, -0.15) is 5.10 Å². The Morgan fingerprint density at radius 1 is 1.09 bits per heavy atom. The van der Waals surface area contributed by atoms with Crippen molar-refractivity contribution in [3.8, 4) is 11.4 Å². The van der Waals surface area contributed by atoms with Gasteiger partial charge in [-0.15, -0.1) is 10.2 Å². The molecular weight excluding hydrogens is 442 g/mol. The van der Waals surface area contributed by atoms with Crippen molar-refractivity contribution >= 4 is 30.0 Å². The molecule has 0 atom stereocenters. The molecule has 1 aromatic heterocycles. The number of nitrogens with zero attached hydrogens (tertiary/aromatic N) is 4. The molecule has 1 N–H and O–H groups in total. The monoisotopic (exact) mass is 473 g/mol. The topological polar surface area (TPSA) is 72.2 Å². The van der Waals surface area contributed by atoms with E-state index < -0.39 is 0 Å². The summed E-state index contributed by atoms with van der Waals surface area (Å²) in [6.45, 7) is 4.04. The van der Waals surface area contributed by atoms with Crippen molar-refractivity contribution in [1.82, 2.24) is 20.2 Å². The van der Waals surface area contributed by atoms with Crippen LogP contribution in [0.3, 0.4) is 0 Å². The molecule has 3 aromatic rings. The number of aryl methyl sites for hydroxylation is 1. The second-order valence-electron chi connectivity index (χ2n) is 8.71. The smallest absolute Gasteiger partial charge is 0.250 e. The Balaban J connectivity index is 1.41. The number of rotatable bonds is 8. The molecule has 0 radical (unpaired) electrons. The number of thioether (sulfide) groups is 1. The first-order valence-corrected chi connectivity index (χ1v) is 12.8. The summed E-state index contributed by atoms with van der Waals surface area (Å²) >= 11 is 1.42. The molecule has 2 aromatic carbocycles. The van der Waals surface area contributed by atoms with E-state index in [1.165, 1.54) is 36.6 Å². The van der Waals surface area contributed by atoms with E-state index in [2.05, 4.69) is 56.5 Å². The van der Waals surface area contributed by atoms with E-state index in [9.17, 15) is 4.79 Å². The minimum atomic E-state index is -0.163. The van der Waals surface area contributed by atoms with Crippen molar-refractivity contribution in [2.75, 3.05) is 5.75 Å². The van der Waals surface area contributed by atoms with Crippen LogP contribution in [-0.2, 0) is 4.79 Å². The molecule has 1 aliphatic carbocycles. The number of aromatic nitrogens is 3. The number of allylic oxidation sites excluding steroid dienone is 1. The van der Waals surface area contributed by atoms with Crippen molar-refractivity contribution in [2.45, 2.75) is 57.1 Å². The maximum atomic E-state index is 12.4. The van der Waals surface area contributed by atoms with Gasteiger partial charge in [0, 0.05) is 11.6 Å². The van der Waals surface area contributed by atoms with Crippen LogP contribution in [-0.4, -0.2) is 32.6 Å². The first-order chi connectivity index (χ1) is 16.6. The van der Waals surface area contributed by atoms with Gasteiger partial charge in [-0.05, 0) is 37.8 Å². The lowest BCUT2D eigenvalue weighted by molar-refractivity contribution is -0.118. The van der Waals surface area contributed by atoms with Crippen LogP contribution in [0.15, 0.2) is 70.4 Å². The third-order valence-corrected chi connectivity index (χ3v) is 6.84. The fraction of sp³-hybridized carbons (Fsp3) is 0.333. The van der Waals surface area contributed by atoms with E-state index in [4.69, 9.17) is 0 Å². The molecule has 0 saturated heterocycles. The Hall–Kier alpha value is -3.19. The first-order valence-electron chi connectivity index (χ1n) is 11.8. The van der Waals surface area contributed by atoms with Gasteiger partial charge >= 0.3 is 0 Å². The minimum absolute atomic E-state index is 0.163. The van der Waals surface area contributed by atoms with Gasteiger partial charge in [0.1, 0.15) is 0 Å². The number of amides is 1. The molecule has 7 heteroatoms. The number of hydrogen-bond acceptors (Lipinski definition) is 5. The van der Waals surface area contributed by atoms with Gasteiger partial charge in [-0.1, -0.05) is 97.3 Å². The lowest BCUT2D eigenvalue weighted by Crippen LogP contribution is -2.20. The molecule has 1 fully saturated rings. The molecule has 1 heterocycles. The predicted molar refractivity (Wildman–Crippen MR) is 140 cm³/mol. The van der Waals surface area contributed by atoms with Gasteiger partial charge < -0.3 is 0 Å². The normalized spacial score (nSPS) is 15.1. The Morgan fingerprint density at radius 2 is 1.82 bits per heavy atom. The Labute approximate surface area is 205 Å². The van der Waals surface area contributed by atoms with Crippen LogP contribution in [0.1, 0.15) is 56.2 Å². The molecule has 1 aliphatic rings. The third kappa shape index (κ3) is 6.44. The Kier molecular flexibility index (Phi) is 8.31. The molecule has 0 unspecified atom stereocenters. The van der Waals surface area contributed by atoms with E-state index in [-0.39, 0.29) is 11.7 Å². The maximum absolute atomic E-state index is 12.4. The zero-order valence-electron chi connectivity index (χ0n) is 19.8. The van der Waals surface area contributed by atoms with E-state index in [0.717, 1.165) is 40.5 Å². The second-order valence-corrected chi connectivity index (χ2v) is 9.66. The van der Waals surface area contributed by atoms with Crippen molar-refractivity contribution < 1.29 is 4.79 Å². The summed E-state index contributed by atoms with van der Waals surface area (Å²) in [5, 5.41) is 13.9. The summed E-state index contributed by atoms with van der Waals surface area (Å²) in [5.41, 5.74) is 6.96. The highest BCUT2D eigenvalue weighted by Gasteiger charge is 2.24. The van der Waals surface area contributed by atoms with Gasteiger partial charge in [0.25, 0.3) is 5.91 Å². The number of hydrogen-bond donors (Lipinski definition) is 1. The lowest BCUT2D eigenvalue weighted by Gasteiger charge is -2.25. The highest BCUT2D eigenvalue weighted by molar-refractivity contribution is 7.99. The summed E-state index contributed by atoms with van der Waals surface area (Å²) < 4.78 is 2.25. The highest BCUT2D eigenvalue weighted by Crippen LogP contribution is 2.35. The van der Waals surface area contributed by atoms with Crippen LogP contribution in [0.4, 0.5) is 0 Å². The molecule has 1 amide bonds. The van der Waals surface area contributed by atoms with Gasteiger partial charge in [0.2, 0.25) is 0 Å². The number of nitrogens with one attached hydrogen (secondary N) is 1. The molecule has 176 valence electrons. The molecule has 4 rings (SSSR count). The molecular formula is C27H31N5OS. The minimum Gasteiger partial charge on any atom is -0.299 e. The molecule has 0 aliphatic heterocycles. The number of carbonyl (C=O) groups is 1. The van der Waals surface area contributed by atoms with Gasteiger partial charge in [0.05, 0.1) is 12.0 Å². The summed E-state index contributed by atoms with van der Waals surface area (Å²) in [7, 11) is 0. The van der Waals surface area contributed by atoms with Crippen LogP contribution < -0.4 is 5.43 Å². The standard InChI is InChI=1S/C27H31N5OS/c1-20-13-15-23(16-14-20)26-30-31-27(32(26)24-11-7-4-8-12-24)34-19-25(33)29-28-18-21(2)17-22-9-5-3-6-10-22/h3,5-6,9-10,13-18,24H,4,7-8,11-12,19H2,1-2H3,(H,29,33)/b21-17+,28-18+. The number of benzene rings is 2. The summed E-state index contributed by atoms with van der Waals surface area (Å²) in [6, 6.07) is 18.8. The molecule has 34 heavy (non-hydrogen) atoms. The average molecular weight is 474 g/mol. The van der Waals surface area contributed by atoms with E-state index in [1.807, 2.05) is 43.3 Å². The van der Waals surface area contributed by atoms with Crippen molar-refractivity contribution in [1.29, 1.82) is 0 Å². The quantitative estimate of drug-likeness (QED) is 0.245. The zero-order chi connectivity index (χ0) is 23.8. The Morgan fingerprint density at radius 3 is 2.56 bits per heavy atom. The number of carbonyl (C=O) groups excluding carboxylic acids is 1. The van der Waals surface area contributed by atoms with Crippen molar-refractivity contribution in [3.05, 3.63) is 71.3 Å². The van der Waals surface area contributed by atoms with Gasteiger partial charge in [0.15, 0.2) is 11.0 Å². The van der Waals surface area contributed by atoms with E-state index in [1.54, 1.807) is 6.21 Å². The van der Waals surface area contributed by atoms with Gasteiger partial charge in [-0.25, -0.2) is 5.43 Å². The molecule has 0 spiro atoms. The van der Waals surface area contributed by atoms with Gasteiger partial charge in [-0.3, -0.25) is 9.36 Å². The highest BCUT2D eigenvalue weighted by atomic mass is 32.2. The summed E-state index contributed by atoms with van der Waals surface area (Å²) in [4.78, 5) is 12.4. The van der Waals surface area contributed by atoms with Crippen molar-refractivity contribution in [2.24, 2.45) is 5.10 Å². The summed E-state index contributed by atoms with van der Waals surface area (Å²) in [6.07, 6.45) is 9.62. The van der Waals surface area contributed by atoms with Crippen molar-refractivity contribution in [3.63, 3.8) is 0 Å². The molecule has 6 nitrogen and oxygen atoms in total. The maximum Gasteiger partial charge on any atom is 0.250 e. The first kappa shape index (κ1) is 24.0. The predicted octanol–water partition coefficient (Wildman–Crippen LogP) is 6.06. The third-order valence-electron chi connectivity index (χ3n) is 5.90. The average Bonchev–Trinajstić information content (AvgIpc) is 3.28. The van der Waals surface area contributed by atoms with E-state index in [0.29, 0.717) is 6.04 Å². The summed E-state index contributed by atoms with van der Waals surface area (Å²) in [5.74, 6) is 0.954.